The summed E-state index contributed by atoms with van der Waals surface area (Å²) in [5, 5.41) is -0.0963. The van der Waals surface area contributed by atoms with Gasteiger partial charge in [0.25, 0.3) is 10.0 Å². The molecule has 3 aromatic rings. The van der Waals surface area contributed by atoms with Gasteiger partial charge in [0.1, 0.15) is 6.61 Å². The number of hydrogen-bond donors (Lipinski definition) is 1. The van der Waals surface area contributed by atoms with Gasteiger partial charge >= 0.3 is 0 Å². The lowest BCUT2D eigenvalue weighted by atomic mass is 9.93. The van der Waals surface area contributed by atoms with Crippen molar-refractivity contribution in [1.82, 2.24) is 14.3 Å². The van der Waals surface area contributed by atoms with Crippen LogP contribution in [-0.2, 0) is 23.5 Å². The number of aromatic nitrogens is 2. The first-order valence-corrected chi connectivity index (χ1v) is 11.3. The number of ether oxygens (including phenoxy) is 1. The van der Waals surface area contributed by atoms with Crippen molar-refractivity contribution < 1.29 is 22.3 Å². The maximum atomic E-state index is 14.5. The van der Waals surface area contributed by atoms with Crippen LogP contribution in [0.2, 0.25) is 0 Å². The fourth-order valence-corrected chi connectivity index (χ4v) is 4.71. The van der Waals surface area contributed by atoms with E-state index in [0.29, 0.717) is 18.4 Å². The molecule has 0 bridgehead atoms. The van der Waals surface area contributed by atoms with E-state index in [1.807, 2.05) is 30.3 Å². The molecule has 1 N–H and O–H groups in total. The maximum Gasteiger partial charge on any atom is 0.259 e. The Morgan fingerprint density at radius 1 is 1.26 bits per heavy atom. The van der Waals surface area contributed by atoms with E-state index in [1.54, 1.807) is 13.1 Å². The molecule has 2 aromatic carbocycles. The van der Waals surface area contributed by atoms with Crippen LogP contribution < -0.4 is 9.46 Å². The molecule has 1 heterocycles. The molecule has 1 atom stereocenters. The van der Waals surface area contributed by atoms with Crippen molar-refractivity contribution in [2.24, 2.45) is 7.05 Å². The number of carbonyl (C=O) groups is 1. The highest BCUT2D eigenvalue weighted by molar-refractivity contribution is 7.89. The number of carbonyl (C=O) groups excluding carboxylic acids is 1. The zero-order valence-corrected chi connectivity index (χ0v) is 17.7. The summed E-state index contributed by atoms with van der Waals surface area (Å²) in [5.41, 5.74) is 2.25. The van der Waals surface area contributed by atoms with Crippen molar-refractivity contribution in [3.63, 3.8) is 0 Å². The molecule has 0 radical (unpaired) electrons. The van der Waals surface area contributed by atoms with Crippen LogP contribution in [0.5, 0.6) is 5.75 Å². The van der Waals surface area contributed by atoms with Crippen LogP contribution in [0.3, 0.4) is 0 Å². The Labute approximate surface area is 179 Å². The molecule has 1 aliphatic carbocycles. The average Bonchev–Trinajstić information content (AvgIpc) is 3.30. The lowest BCUT2D eigenvalue weighted by Crippen LogP contribution is -2.28. The summed E-state index contributed by atoms with van der Waals surface area (Å²) < 4.78 is 48.2. The minimum Gasteiger partial charge on any atom is -0.489 e. The number of hydrogen-bond acceptors (Lipinski definition) is 5. The van der Waals surface area contributed by atoms with E-state index in [-0.39, 0.29) is 35.6 Å². The minimum atomic E-state index is -3.76. The predicted octanol–water partition coefficient (Wildman–Crippen LogP) is 2.83. The van der Waals surface area contributed by atoms with E-state index in [4.69, 9.17) is 4.74 Å². The molecule has 7 nitrogen and oxygen atoms in total. The van der Waals surface area contributed by atoms with Crippen molar-refractivity contribution >= 4 is 15.8 Å². The third kappa shape index (κ3) is 4.67. The van der Waals surface area contributed by atoms with Gasteiger partial charge in [-0.3, -0.25) is 4.79 Å². The van der Waals surface area contributed by atoms with E-state index in [9.17, 15) is 17.6 Å². The first-order valence-electron chi connectivity index (χ1n) is 9.84. The lowest BCUT2D eigenvalue weighted by Gasteiger charge is -2.14. The summed E-state index contributed by atoms with van der Waals surface area (Å²) in [6, 6.07) is 12.6. The van der Waals surface area contributed by atoms with Gasteiger partial charge in [-0.2, -0.15) is 0 Å². The first kappa shape index (κ1) is 21.2. The molecule has 0 spiro atoms. The van der Waals surface area contributed by atoms with Crippen LogP contribution in [0.4, 0.5) is 4.39 Å². The van der Waals surface area contributed by atoms with Gasteiger partial charge in [0, 0.05) is 31.8 Å². The highest BCUT2D eigenvalue weighted by Crippen LogP contribution is 2.38. The molecular formula is C22H22FN3O4S. The highest BCUT2D eigenvalue weighted by atomic mass is 32.2. The summed E-state index contributed by atoms with van der Waals surface area (Å²) in [5.74, 6) is -0.761. The molecule has 0 amide bonds. The molecule has 9 heteroatoms. The second-order valence-corrected chi connectivity index (χ2v) is 9.22. The fourth-order valence-electron chi connectivity index (χ4n) is 3.72. The quantitative estimate of drug-likeness (QED) is 0.541. The lowest BCUT2D eigenvalue weighted by molar-refractivity contribution is 0.0988. The van der Waals surface area contributed by atoms with Crippen LogP contribution in [0.1, 0.15) is 33.8 Å². The number of halogens is 1. The van der Waals surface area contributed by atoms with Crippen LogP contribution in [-0.4, -0.2) is 36.9 Å². The molecule has 0 saturated carbocycles. The topological polar surface area (TPSA) is 90.3 Å². The fraction of sp³-hybridized carbons (Fsp3) is 0.273. The molecule has 0 fully saturated rings. The van der Waals surface area contributed by atoms with Crippen molar-refractivity contribution in [3.05, 3.63) is 77.5 Å². The van der Waals surface area contributed by atoms with Gasteiger partial charge in [0.2, 0.25) is 0 Å². The Bertz CT molecular complexity index is 1210. The maximum absolute atomic E-state index is 14.5. The third-order valence-electron chi connectivity index (χ3n) is 5.21. The molecule has 162 valence electrons. The number of benzene rings is 2. The van der Waals surface area contributed by atoms with E-state index in [1.165, 1.54) is 23.2 Å². The van der Waals surface area contributed by atoms with Crippen molar-refractivity contribution in [2.45, 2.75) is 23.8 Å². The van der Waals surface area contributed by atoms with E-state index in [2.05, 4.69) is 9.71 Å². The number of imidazole rings is 1. The highest BCUT2D eigenvalue weighted by Gasteiger charge is 2.31. The van der Waals surface area contributed by atoms with E-state index in [0.717, 1.165) is 11.1 Å². The minimum absolute atomic E-state index is 0.00328. The summed E-state index contributed by atoms with van der Waals surface area (Å²) >= 11 is 0. The summed E-state index contributed by atoms with van der Waals surface area (Å²) in [6.45, 7) is -0.124. The number of nitrogens with one attached hydrogen (secondary N) is 1. The van der Waals surface area contributed by atoms with Gasteiger partial charge in [-0.15, -0.1) is 0 Å². The van der Waals surface area contributed by atoms with Gasteiger partial charge < -0.3 is 9.30 Å². The number of sulfonamides is 1. The van der Waals surface area contributed by atoms with Crippen molar-refractivity contribution in [2.75, 3.05) is 13.2 Å². The number of nitrogens with zero attached hydrogens (tertiary/aromatic N) is 2. The first-order chi connectivity index (χ1) is 14.8. The number of ketones is 1. The number of rotatable bonds is 8. The van der Waals surface area contributed by atoms with Crippen LogP contribution >= 0.6 is 0 Å². The molecule has 31 heavy (non-hydrogen) atoms. The normalized spacial score (nSPS) is 15.8. The van der Waals surface area contributed by atoms with Crippen molar-refractivity contribution in [3.8, 4) is 5.75 Å². The third-order valence-corrected chi connectivity index (χ3v) is 6.55. The zero-order valence-electron chi connectivity index (χ0n) is 16.9. The number of aryl methyl sites for hydroxylation is 1. The predicted molar refractivity (Wildman–Crippen MR) is 112 cm³/mol. The van der Waals surface area contributed by atoms with Crippen molar-refractivity contribution in [1.29, 1.82) is 0 Å². The smallest absolute Gasteiger partial charge is 0.259 e. The van der Waals surface area contributed by atoms with E-state index >= 15 is 0 Å². The summed E-state index contributed by atoms with van der Waals surface area (Å²) in [4.78, 5) is 16.2. The van der Waals surface area contributed by atoms with Gasteiger partial charge in [-0.05, 0) is 35.6 Å². The van der Waals surface area contributed by atoms with Gasteiger partial charge in [0.15, 0.2) is 22.4 Å². The zero-order chi connectivity index (χ0) is 22.0. The standard InChI is InChI=1S/C22H22FN3O4S/c1-26-13-22(24-14-26)31(28,29)25-7-8-30-21-12-17-16(9-15-5-3-2-4-6-15)10-20(27)18(17)11-19(21)23/h2-6,11-14,16,25H,7-10H2,1H3. The Morgan fingerprint density at radius 2 is 2.03 bits per heavy atom. The molecule has 1 unspecified atom stereocenters. The van der Waals surface area contributed by atoms with Crippen LogP contribution in [0, 0.1) is 5.82 Å². The second-order valence-electron chi connectivity index (χ2n) is 7.51. The Hall–Kier alpha value is -3.04. The molecule has 4 rings (SSSR count). The van der Waals surface area contributed by atoms with Crippen LogP contribution in [0.15, 0.2) is 60.0 Å². The van der Waals surface area contributed by atoms with Gasteiger partial charge in [-0.25, -0.2) is 22.5 Å². The van der Waals surface area contributed by atoms with Gasteiger partial charge in [0.05, 0.1) is 6.33 Å². The molecular weight excluding hydrogens is 421 g/mol. The molecule has 0 aliphatic heterocycles. The molecule has 1 aliphatic rings. The summed E-state index contributed by atoms with van der Waals surface area (Å²) in [7, 11) is -2.10. The van der Waals surface area contributed by atoms with Crippen LogP contribution in [0.25, 0.3) is 0 Å². The molecule has 1 aromatic heterocycles. The Kier molecular flexibility index (Phi) is 5.88. The number of fused-ring (bicyclic) bond motifs is 1. The monoisotopic (exact) mass is 443 g/mol. The average molecular weight is 444 g/mol. The van der Waals surface area contributed by atoms with E-state index < -0.39 is 15.8 Å². The van der Waals surface area contributed by atoms with Gasteiger partial charge in [-0.1, -0.05) is 30.3 Å². The number of Topliss-reactive ketones (excluding diaryl/α,β-unsaturated/α-hetero) is 1. The molecule has 0 saturated heterocycles. The summed E-state index contributed by atoms with van der Waals surface area (Å²) in [6.07, 6.45) is 3.77. The second kappa shape index (κ2) is 8.60. The Morgan fingerprint density at radius 3 is 2.74 bits per heavy atom. The largest absolute Gasteiger partial charge is 0.489 e. The SMILES string of the molecule is Cn1cnc(S(=O)(=O)NCCOc2cc3c(cc2F)C(=O)CC3Cc2ccccc2)c1. The Balaban J connectivity index is 1.42.